The van der Waals surface area contributed by atoms with Crippen molar-refractivity contribution in [2.24, 2.45) is 16.3 Å². The monoisotopic (exact) mass is 353 g/mol. The Morgan fingerprint density at radius 3 is 2.32 bits per heavy atom. The van der Waals surface area contributed by atoms with Gasteiger partial charge in [-0.25, -0.2) is 0 Å². The molecule has 0 atom stereocenters. The zero-order chi connectivity index (χ0) is 18.9. The fourth-order valence-corrected chi connectivity index (χ4v) is 2.74. The Labute approximate surface area is 152 Å². The molecule has 1 aliphatic heterocycles. The Kier molecular flexibility index (Phi) is 8.72. The molecular weight excluding hydrogens is 318 g/mol. The number of guanidine groups is 1. The second-order valence-corrected chi connectivity index (χ2v) is 7.55. The van der Waals surface area contributed by atoms with Gasteiger partial charge in [0.25, 0.3) is 0 Å². The van der Waals surface area contributed by atoms with Crippen molar-refractivity contribution in [2.75, 3.05) is 39.8 Å². The molecule has 1 heterocycles. The van der Waals surface area contributed by atoms with Gasteiger partial charge in [-0.3, -0.25) is 14.6 Å². The first-order chi connectivity index (χ1) is 11.8. The number of piperidine rings is 1. The number of carbonyl (C=O) groups is 2. The summed E-state index contributed by atoms with van der Waals surface area (Å²) in [6.45, 7) is 11.5. The van der Waals surface area contributed by atoms with Crippen LogP contribution in [0.4, 0.5) is 0 Å². The molecule has 0 saturated carbocycles. The number of aliphatic imine (C=N–C) groups is 1. The number of carbonyl (C=O) groups excluding carboxylic acids is 2. The van der Waals surface area contributed by atoms with Crippen molar-refractivity contribution in [3.63, 3.8) is 0 Å². The number of rotatable bonds is 6. The largest absolute Gasteiger partial charge is 0.359 e. The van der Waals surface area contributed by atoms with Gasteiger partial charge in [0.05, 0.1) is 6.54 Å². The molecule has 144 valence electrons. The van der Waals surface area contributed by atoms with Crippen molar-refractivity contribution < 1.29 is 9.59 Å². The second kappa shape index (κ2) is 10.3. The van der Waals surface area contributed by atoms with Gasteiger partial charge in [0.2, 0.25) is 11.8 Å². The summed E-state index contributed by atoms with van der Waals surface area (Å²) < 4.78 is 0. The number of hydrogen-bond donors (Lipinski definition) is 3. The van der Waals surface area contributed by atoms with E-state index in [1.165, 1.54) is 0 Å². The summed E-state index contributed by atoms with van der Waals surface area (Å²) in [5.74, 6) is 1.51. The molecule has 0 spiro atoms. The van der Waals surface area contributed by atoms with Crippen LogP contribution in [0.1, 0.15) is 47.0 Å². The first-order valence-corrected chi connectivity index (χ1v) is 9.30. The van der Waals surface area contributed by atoms with E-state index < -0.39 is 0 Å². The maximum absolute atomic E-state index is 11.9. The van der Waals surface area contributed by atoms with Crippen molar-refractivity contribution in [3.8, 4) is 0 Å². The van der Waals surface area contributed by atoms with E-state index in [1.807, 2.05) is 20.8 Å². The van der Waals surface area contributed by atoms with Crippen LogP contribution in [-0.4, -0.2) is 62.4 Å². The Morgan fingerprint density at radius 2 is 1.80 bits per heavy atom. The molecular formula is C18H35N5O2. The lowest BCUT2D eigenvalue weighted by atomic mass is 9.93. The first kappa shape index (κ1) is 21.3. The molecule has 0 unspecified atom stereocenters. The predicted molar refractivity (Wildman–Crippen MR) is 101 cm³/mol. The molecule has 1 fully saturated rings. The van der Waals surface area contributed by atoms with Gasteiger partial charge in [-0.15, -0.1) is 0 Å². The van der Waals surface area contributed by atoms with Crippen LogP contribution in [0.5, 0.6) is 0 Å². The Morgan fingerprint density at radius 1 is 1.16 bits per heavy atom. The lowest BCUT2D eigenvalue weighted by Crippen LogP contribution is -2.46. The number of likely N-dealkylation sites (tertiary alicyclic amines) is 1. The van der Waals surface area contributed by atoms with Gasteiger partial charge >= 0.3 is 0 Å². The summed E-state index contributed by atoms with van der Waals surface area (Å²) >= 11 is 0. The molecule has 0 radical (unpaired) electrons. The third kappa shape index (κ3) is 7.75. The molecule has 3 N–H and O–H groups in total. The zero-order valence-electron chi connectivity index (χ0n) is 16.4. The molecule has 7 nitrogen and oxygen atoms in total. The number of nitrogens with zero attached hydrogens (tertiary/aromatic N) is 2. The van der Waals surface area contributed by atoms with Crippen molar-refractivity contribution in [3.05, 3.63) is 0 Å². The van der Waals surface area contributed by atoms with E-state index in [1.54, 1.807) is 7.05 Å². The van der Waals surface area contributed by atoms with Gasteiger partial charge in [-0.05, 0) is 25.7 Å². The molecule has 0 bridgehead atoms. The van der Waals surface area contributed by atoms with Crippen LogP contribution >= 0.6 is 0 Å². The highest BCUT2D eigenvalue weighted by molar-refractivity contribution is 5.82. The zero-order valence-corrected chi connectivity index (χ0v) is 16.4. The first-order valence-electron chi connectivity index (χ1n) is 9.30. The van der Waals surface area contributed by atoms with E-state index in [0.717, 1.165) is 38.4 Å². The molecule has 0 aromatic rings. The highest BCUT2D eigenvalue weighted by Crippen LogP contribution is 2.20. The molecule has 0 aromatic heterocycles. The van der Waals surface area contributed by atoms with Gasteiger partial charge in [0.1, 0.15) is 0 Å². The summed E-state index contributed by atoms with van der Waals surface area (Å²) in [5, 5.41) is 8.94. The van der Waals surface area contributed by atoms with E-state index >= 15 is 0 Å². The average molecular weight is 354 g/mol. The molecule has 1 saturated heterocycles. The van der Waals surface area contributed by atoms with Crippen LogP contribution in [-0.2, 0) is 9.59 Å². The Hall–Kier alpha value is -1.79. The normalized spacial score (nSPS) is 16.5. The van der Waals surface area contributed by atoms with E-state index in [9.17, 15) is 9.59 Å². The minimum atomic E-state index is -0.374. The molecule has 1 aliphatic rings. The van der Waals surface area contributed by atoms with Crippen molar-refractivity contribution in [1.29, 1.82) is 0 Å². The van der Waals surface area contributed by atoms with Crippen molar-refractivity contribution in [1.82, 2.24) is 20.9 Å². The van der Waals surface area contributed by atoms with Crippen LogP contribution in [0.2, 0.25) is 0 Å². The molecule has 0 aliphatic carbocycles. The van der Waals surface area contributed by atoms with E-state index in [4.69, 9.17) is 0 Å². The summed E-state index contributed by atoms with van der Waals surface area (Å²) in [5.41, 5.74) is -0.374. The summed E-state index contributed by atoms with van der Waals surface area (Å²) in [6.07, 6.45) is 2.61. The fourth-order valence-electron chi connectivity index (χ4n) is 2.74. The van der Waals surface area contributed by atoms with Crippen molar-refractivity contribution >= 4 is 17.8 Å². The highest BCUT2D eigenvalue weighted by atomic mass is 16.2. The summed E-state index contributed by atoms with van der Waals surface area (Å²) in [4.78, 5) is 30.2. The van der Waals surface area contributed by atoms with Crippen LogP contribution < -0.4 is 16.0 Å². The number of nitrogens with one attached hydrogen (secondary N) is 3. The van der Waals surface area contributed by atoms with Gasteiger partial charge < -0.3 is 20.9 Å². The average Bonchev–Trinajstić information content (AvgIpc) is 2.57. The maximum atomic E-state index is 11.9. The van der Waals surface area contributed by atoms with Gasteiger partial charge in [-0.1, -0.05) is 20.8 Å². The second-order valence-electron chi connectivity index (χ2n) is 7.55. The van der Waals surface area contributed by atoms with Crippen LogP contribution in [0.15, 0.2) is 4.99 Å². The van der Waals surface area contributed by atoms with Gasteiger partial charge in [-0.2, -0.15) is 0 Å². The minimum Gasteiger partial charge on any atom is -0.359 e. The maximum Gasteiger partial charge on any atom is 0.225 e. The van der Waals surface area contributed by atoms with E-state index in [2.05, 4.69) is 32.8 Å². The lowest BCUT2D eigenvalue weighted by Gasteiger charge is -2.34. The Balaban J connectivity index is 2.46. The topological polar surface area (TPSA) is 85.8 Å². The van der Waals surface area contributed by atoms with Gasteiger partial charge in [0.15, 0.2) is 5.96 Å². The summed E-state index contributed by atoms with van der Waals surface area (Å²) in [7, 11) is 1.69. The standard InChI is InChI=1S/C18H35N5O2/c1-6-20-17(22-10-9-21-16(25)18(2,3)4)23-11-7-14(8-12-23)13-15(24)19-5/h14H,6-13H2,1-5H3,(H,19,24)(H,20,22)(H,21,25). The third-order valence-corrected chi connectivity index (χ3v) is 4.34. The van der Waals surface area contributed by atoms with E-state index in [0.29, 0.717) is 25.4 Å². The smallest absolute Gasteiger partial charge is 0.225 e. The van der Waals surface area contributed by atoms with Crippen LogP contribution in [0, 0.1) is 11.3 Å². The van der Waals surface area contributed by atoms with Crippen LogP contribution in [0.3, 0.4) is 0 Å². The molecule has 25 heavy (non-hydrogen) atoms. The molecule has 1 rings (SSSR count). The van der Waals surface area contributed by atoms with Crippen molar-refractivity contribution in [2.45, 2.75) is 47.0 Å². The number of amides is 2. The SMILES string of the molecule is CCNC(=NCCNC(=O)C(C)(C)C)N1CCC(CC(=O)NC)CC1. The molecule has 0 aromatic carbocycles. The fraction of sp³-hybridized carbons (Fsp3) is 0.833. The molecule has 2 amide bonds. The third-order valence-electron chi connectivity index (χ3n) is 4.34. The van der Waals surface area contributed by atoms with Crippen LogP contribution in [0.25, 0.3) is 0 Å². The van der Waals surface area contributed by atoms with Gasteiger partial charge in [0, 0.05) is 45.1 Å². The Bertz CT molecular complexity index is 463. The highest BCUT2D eigenvalue weighted by Gasteiger charge is 2.23. The van der Waals surface area contributed by atoms with E-state index in [-0.39, 0.29) is 17.2 Å². The molecule has 7 heteroatoms. The quantitative estimate of drug-likeness (QED) is 0.377. The lowest BCUT2D eigenvalue weighted by molar-refractivity contribution is -0.128. The summed E-state index contributed by atoms with van der Waals surface area (Å²) in [6, 6.07) is 0. The minimum absolute atomic E-state index is 0.0442. The number of hydrogen-bond acceptors (Lipinski definition) is 3. The predicted octanol–water partition coefficient (Wildman–Crippen LogP) is 0.962.